The van der Waals surface area contributed by atoms with Crippen molar-refractivity contribution < 1.29 is 17.9 Å². The van der Waals surface area contributed by atoms with Crippen molar-refractivity contribution in [1.29, 1.82) is 0 Å². The summed E-state index contributed by atoms with van der Waals surface area (Å²) in [5.41, 5.74) is 0.679. The number of rotatable bonds is 6. The molecule has 0 N–H and O–H groups in total. The van der Waals surface area contributed by atoms with E-state index in [4.69, 9.17) is 4.74 Å². The summed E-state index contributed by atoms with van der Waals surface area (Å²) in [5.74, 6) is 0.745. The Bertz CT molecular complexity index is 873. The van der Waals surface area contributed by atoms with Crippen molar-refractivity contribution in [1.82, 2.24) is 9.21 Å². The van der Waals surface area contributed by atoms with Crippen LogP contribution in [-0.2, 0) is 14.8 Å². The molecule has 2 aliphatic heterocycles. The molecule has 2 heterocycles. The molecule has 1 unspecified atom stereocenters. The van der Waals surface area contributed by atoms with Crippen LogP contribution >= 0.6 is 0 Å². The van der Waals surface area contributed by atoms with Gasteiger partial charge in [-0.3, -0.25) is 4.79 Å². The molecule has 1 aromatic rings. The Morgan fingerprint density at radius 1 is 1.10 bits per heavy atom. The van der Waals surface area contributed by atoms with Gasteiger partial charge in [0.2, 0.25) is 15.9 Å². The molecule has 1 aromatic carbocycles. The highest BCUT2D eigenvalue weighted by Crippen LogP contribution is 2.30. The van der Waals surface area contributed by atoms with Gasteiger partial charge in [0.05, 0.1) is 7.11 Å². The molecule has 1 amide bonds. The number of hydrogen-bond donors (Lipinski definition) is 0. The lowest BCUT2D eigenvalue weighted by atomic mass is 9.92. The van der Waals surface area contributed by atoms with E-state index < -0.39 is 10.0 Å². The van der Waals surface area contributed by atoms with E-state index in [1.165, 1.54) is 11.4 Å². The van der Waals surface area contributed by atoms with Gasteiger partial charge in [-0.1, -0.05) is 26.3 Å². The van der Waals surface area contributed by atoms with Crippen LogP contribution < -0.4 is 4.74 Å². The Balaban J connectivity index is 1.83. The number of amides is 1. The minimum Gasteiger partial charge on any atom is -0.495 e. The highest BCUT2D eigenvalue weighted by molar-refractivity contribution is 7.89. The summed E-state index contributed by atoms with van der Waals surface area (Å²) < 4.78 is 33.2. The molecule has 1 atom stereocenters. The fourth-order valence-electron chi connectivity index (χ4n) is 4.43. The number of hydrogen-bond acceptors (Lipinski definition) is 4. The first-order chi connectivity index (χ1) is 14.3. The third-order valence-corrected chi connectivity index (χ3v) is 8.06. The van der Waals surface area contributed by atoms with Crippen molar-refractivity contribution in [3.8, 4) is 5.75 Å². The average Bonchev–Trinajstić information content (AvgIpc) is 2.77. The van der Waals surface area contributed by atoms with Gasteiger partial charge in [0, 0.05) is 31.8 Å². The lowest BCUT2D eigenvalue weighted by molar-refractivity contribution is -0.130. The van der Waals surface area contributed by atoms with Crippen LogP contribution in [0.25, 0.3) is 6.08 Å². The van der Waals surface area contributed by atoms with Crippen molar-refractivity contribution in [2.75, 3.05) is 26.7 Å². The number of carbonyl (C=O) groups is 1. The molecule has 3 rings (SSSR count). The van der Waals surface area contributed by atoms with Gasteiger partial charge in [0.25, 0.3) is 0 Å². The molecule has 0 aromatic heterocycles. The maximum Gasteiger partial charge on any atom is 0.246 e. The Morgan fingerprint density at radius 3 is 2.47 bits per heavy atom. The lowest BCUT2D eigenvalue weighted by Crippen LogP contribution is -2.45. The van der Waals surface area contributed by atoms with E-state index in [9.17, 15) is 13.2 Å². The molecule has 0 saturated carbocycles. The largest absolute Gasteiger partial charge is 0.495 e. The molecule has 0 aliphatic carbocycles. The van der Waals surface area contributed by atoms with Crippen LogP contribution in [0, 0.1) is 5.92 Å². The van der Waals surface area contributed by atoms with Gasteiger partial charge in [0.15, 0.2) is 0 Å². The quantitative estimate of drug-likeness (QED) is 0.637. The first kappa shape index (κ1) is 22.8. The average molecular weight is 435 g/mol. The summed E-state index contributed by atoms with van der Waals surface area (Å²) >= 11 is 0. The van der Waals surface area contributed by atoms with Crippen LogP contribution in [-0.4, -0.2) is 56.3 Å². The Kier molecular flexibility index (Phi) is 7.58. The normalized spacial score (nSPS) is 21.3. The van der Waals surface area contributed by atoms with Crippen LogP contribution in [0.4, 0.5) is 0 Å². The number of methoxy groups -OCH3 is 1. The topological polar surface area (TPSA) is 66.9 Å². The molecule has 30 heavy (non-hydrogen) atoms. The lowest BCUT2D eigenvalue weighted by Gasteiger charge is -2.37. The van der Waals surface area contributed by atoms with Crippen molar-refractivity contribution in [2.45, 2.75) is 63.3 Å². The van der Waals surface area contributed by atoms with Gasteiger partial charge < -0.3 is 9.64 Å². The van der Waals surface area contributed by atoms with Crippen LogP contribution in [0.3, 0.4) is 0 Å². The molecule has 0 radical (unpaired) electrons. The third-order valence-electron chi connectivity index (χ3n) is 6.14. The Morgan fingerprint density at radius 2 is 1.80 bits per heavy atom. The summed E-state index contributed by atoms with van der Waals surface area (Å²) in [6.07, 6.45) is 9.32. The van der Waals surface area contributed by atoms with E-state index in [0.717, 1.165) is 45.1 Å². The predicted octanol–water partition coefficient (Wildman–Crippen LogP) is 3.92. The van der Waals surface area contributed by atoms with Gasteiger partial charge in [-0.25, -0.2) is 8.42 Å². The highest BCUT2D eigenvalue weighted by atomic mass is 32.2. The second-order valence-electron chi connectivity index (χ2n) is 8.55. The molecule has 7 heteroatoms. The number of carbonyl (C=O) groups excluding carboxylic acids is 1. The van der Waals surface area contributed by atoms with Crippen molar-refractivity contribution in [2.24, 2.45) is 5.92 Å². The SMILES string of the molecule is COc1ccc(C=CC(=O)N2CCCCC2C(C)C)cc1S(=O)(=O)N1CCCCC1. The van der Waals surface area contributed by atoms with Crippen LogP contribution in [0.15, 0.2) is 29.2 Å². The van der Waals surface area contributed by atoms with Gasteiger partial charge in [0.1, 0.15) is 10.6 Å². The van der Waals surface area contributed by atoms with Gasteiger partial charge in [-0.15, -0.1) is 0 Å². The van der Waals surface area contributed by atoms with Crippen molar-refractivity contribution >= 4 is 22.0 Å². The molecule has 2 saturated heterocycles. The predicted molar refractivity (Wildman–Crippen MR) is 119 cm³/mol. The van der Waals surface area contributed by atoms with E-state index in [-0.39, 0.29) is 16.8 Å². The molecule has 0 spiro atoms. The number of nitrogens with zero attached hydrogens (tertiary/aromatic N) is 2. The fourth-order valence-corrected chi connectivity index (χ4v) is 6.14. The number of likely N-dealkylation sites (tertiary alicyclic amines) is 1. The Hall–Kier alpha value is -1.86. The molecular weight excluding hydrogens is 400 g/mol. The van der Waals surface area contributed by atoms with Gasteiger partial charge in [-0.2, -0.15) is 4.31 Å². The van der Waals surface area contributed by atoms with E-state index in [2.05, 4.69) is 13.8 Å². The summed E-state index contributed by atoms with van der Waals surface area (Å²) in [4.78, 5) is 15.0. The summed E-state index contributed by atoms with van der Waals surface area (Å²) in [7, 11) is -2.15. The number of ether oxygens (including phenoxy) is 1. The number of piperidine rings is 2. The number of sulfonamides is 1. The molecule has 166 valence electrons. The molecule has 2 aliphatic rings. The van der Waals surface area contributed by atoms with Gasteiger partial charge >= 0.3 is 0 Å². The first-order valence-electron chi connectivity index (χ1n) is 11.0. The van der Waals surface area contributed by atoms with E-state index in [1.54, 1.807) is 30.4 Å². The second-order valence-corrected chi connectivity index (χ2v) is 10.5. The Labute approximate surface area is 180 Å². The monoisotopic (exact) mass is 434 g/mol. The first-order valence-corrected chi connectivity index (χ1v) is 12.5. The molecular formula is C23H34N2O4S. The summed E-state index contributed by atoms with van der Waals surface area (Å²) in [6, 6.07) is 5.33. The smallest absolute Gasteiger partial charge is 0.246 e. The zero-order chi connectivity index (χ0) is 21.7. The second kappa shape index (κ2) is 9.96. The van der Waals surface area contributed by atoms with Gasteiger partial charge in [-0.05, 0) is 61.8 Å². The maximum atomic E-state index is 13.2. The van der Waals surface area contributed by atoms with Crippen LogP contribution in [0.1, 0.15) is 57.9 Å². The zero-order valence-electron chi connectivity index (χ0n) is 18.3. The standard InChI is InChI=1S/C23H34N2O4S/c1-18(2)20-9-5-8-16-25(20)23(26)13-11-19-10-12-21(29-3)22(17-19)30(27,28)24-14-6-4-7-15-24/h10-13,17-18,20H,4-9,14-16H2,1-3H3. The third kappa shape index (κ3) is 5.06. The number of benzene rings is 1. The minimum atomic E-state index is -3.63. The maximum absolute atomic E-state index is 13.2. The molecule has 0 bridgehead atoms. The van der Waals surface area contributed by atoms with Crippen molar-refractivity contribution in [3.63, 3.8) is 0 Å². The van der Waals surface area contributed by atoms with E-state index >= 15 is 0 Å². The van der Waals surface area contributed by atoms with Crippen molar-refractivity contribution in [3.05, 3.63) is 29.8 Å². The summed E-state index contributed by atoms with van der Waals surface area (Å²) in [6.45, 7) is 6.16. The van der Waals surface area contributed by atoms with E-state index in [0.29, 0.717) is 30.3 Å². The minimum absolute atomic E-state index is 0.00958. The van der Waals surface area contributed by atoms with E-state index in [1.807, 2.05) is 4.90 Å². The zero-order valence-corrected chi connectivity index (χ0v) is 19.2. The molecule has 6 nitrogen and oxygen atoms in total. The van der Waals surface area contributed by atoms with Crippen LogP contribution in [0.5, 0.6) is 5.75 Å². The van der Waals surface area contributed by atoms with Crippen LogP contribution in [0.2, 0.25) is 0 Å². The molecule has 2 fully saturated rings. The summed E-state index contributed by atoms with van der Waals surface area (Å²) in [5, 5.41) is 0. The highest BCUT2D eigenvalue weighted by Gasteiger charge is 2.29. The fraction of sp³-hybridized carbons (Fsp3) is 0.609.